The summed E-state index contributed by atoms with van der Waals surface area (Å²) in [7, 11) is 0. The van der Waals surface area contributed by atoms with Crippen molar-refractivity contribution in [2.75, 3.05) is 19.8 Å². The van der Waals surface area contributed by atoms with E-state index in [1.807, 2.05) is 13.8 Å². The van der Waals surface area contributed by atoms with Gasteiger partial charge in [0.15, 0.2) is 0 Å². The molecule has 1 unspecified atom stereocenters. The Morgan fingerprint density at radius 3 is 3.00 bits per heavy atom. The predicted octanol–water partition coefficient (Wildman–Crippen LogP) is -0.830. The van der Waals surface area contributed by atoms with E-state index in [-0.39, 0.29) is 30.3 Å². The molecule has 19 heavy (non-hydrogen) atoms. The molecule has 0 bridgehead atoms. The number of aromatic amines is 1. The number of hydrogen-bond acceptors (Lipinski definition) is 5. The topological polar surface area (TPSA) is 100 Å². The number of morpholine rings is 1. The Bertz CT molecular complexity index is 445. The van der Waals surface area contributed by atoms with Crippen molar-refractivity contribution in [2.45, 2.75) is 25.9 Å². The number of nitrogens with one attached hydrogen (secondary N) is 2. The zero-order chi connectivity index (χ0) is 13.8. The molecule has 1 fully saturated rings. The van der Waals surface area contributed by atoms with Crippen LogP contribution in [0.2, 0.25) is 0 Å². The number of ether oxygens (including phenoxy) is 1. The van der Waals surface area contributed by atoms with Gasteiger partial charge in [-0.2, -0.15) is 5.10 Å². The van der Waals surface area contributed by atoms with Gasteiger partial charge in [-0.3, -0.25) is 14.7 Å². The second kappa shape index (κ2) is 5.79. The minimum atomic E-state index is -0.631. The Morgan fingerprint density at radius 2 is 2.37 bits per heavy atom. The summed E-state index contributed by atoms with van der Waals surface area (Å²) in [4.78, 5) is 29.6. The second-order valence-electron chi connectivity index (χ2n) is 4.59. The highest BCUT2D eigenvalue weighted by atomic mass is 16.5. The van der Waals surface area contributed by atoms with Crippen molar-refractivity contribution < 1.29 is 14.3 Å². The van der Waals surface area contributed by atoms with Gasteiger partial charge in [-0.1, -0.05) is 0 Å². The van der Waals surface area contributed by atoms with Gasteiger partial charge in [0, 0.05) is 12.6 Å². The van der Waals surface area contributed by atoms with Crippen molar-refractivity contribution in [2.24, 2.45) is 0 Å². The van der Waals surface area contributed by atoms with Gasteiger partial charge in [-0.25, -0.2) is 4.98 Å². The van der Waals surface area contributed by atoms with Crippen LogP contribution < -0.4 is 5.32 Å². The van der Waals surface area contributed by atoms with Crippen LogP contribution in [-0.2, 0) is 9.53 Å². The summed E-state index contributed by atoms with van der Waals surface area (Å²) >= 11 is 0. The largest absolute Gasteiger partial charge is 0.377 e. The van der Waals surface area contributed by atoms with Crippen LogP contribution in [0, 0.1) is 0 Å². The van der Waals surface area contributed by atoms with Crippen LogP contribution in [0.4, 0.5) is 0 Å². The molecule has 2 amide bonds. The fourth-order valence-electron chi connectivity index (χ4n) is 1.89. The fraction of sp³-hybridized carbons (Fsp3) is 0.636. The first-order chi connectivity index (χ1) is 9.09. The van der Waals surface area contributed by atoms with Crippen LogP contribution in [0.3, 0.4) is 0 Å². The van der Waals surface area contributed by atoms with E-state index in [9.17, 15) is 9.59 Å². The summed E-state index contributed by atoms with van der Waals surface area (Å²) in [5.74, 6) is -0.434. The molecule has 0 aromatic carbocycles. The molecule has 104 valence electrons. The molecule has 2 rings (SSSR count). The molecule has 0 radical (unpaired) electrons. The lowest BCUT2D eigenvalue weighted by Gasteiger charge is -2.34. The molecular formula is C11H17N5O3. The molecule has 1 aliphatic rings. The monoisotopic (exact) mass is 267 g/mol. The van der Waals surface area contributed by atoms with Crippen LogP contribution in [-0.4, -0.2) is 63.7 Å². The molecule has 1 aromatic rings. The molecule has 1 aliphatic heterocycles. The molecule has 1 atom stereocenters. The Balaban J connectivity index is 2.12. The maximum atomic E-state index is 12.2. The molecule has 8 nitrogen and oxygen atoms in total. The quantitative estimate of drug-likeness (QED) is 0.744. The molecular weight excluding hydrogens is 250 g/mol. The minimum Gasteiger partial charge on any atom is -0.377 e. The van der Waals surface area contributed by atoms with Gasteiger partial charge < -0.3 is 15.0 Å². The second-order valence-corrected chi connectivity index (χ2v) is 4.59. The van der Waals surface area contributed by atoms with Crippen LogP contribution in [0.15, 0.2) is 6.33 Å². The molecule has 0 spiro atoms. The zero-order valence-electron chi connectivity index (χ0n) is 10.9. The van der Waals surface area contributed by atoms with Crippen molar-refractivity contribution >= 4 is 11.8 Å². The summed E-state index contributed by atoms with van der Waals surface area (Å²) in [6.07, 6.45) is 1.26. The summed E-state index contributed by atoms with van der Waals surface area (Å²) in [5, 5.41) is 8.93. The molecule has 1 saturated heterocycles. The Kier molecular flexibility index (Phi) is 4.10. The van der Waals surface area contributed by atoms with E-state index >= 15 is 0 Å². The maximum absolute atomic E-state index is 12.2. The average molecular weight is 267 g/mol. The standard InChI is InChI=1S/C11H17N5O3/c1-7(2)14-10(17)8-5-19-4-3-16(8)11(18)9-12-6-13-15-9/h6-8H,3-5H2,1-2H3,(H,14,17)(H,12,13,15). The Morgan fingerprint density at radius 1 is 1.58 bits per heavy atom. The number of rotatable bonds is 3. The number of amides is 2. The third-order valence-corrected chi connectivity index (χ3v) is 2.74. The molecule has 8 heteroatoms. The van der Waals surface area contributed by atoms with Crippen LogP contribution in [0.1, 0.15) is 24.5 Å². The number of carbonyl (C=O) groups is 2. The Hall–Kier alpha value is -1.96. The highest BCUT2D eigenvalue weighted by Gasteiger charge is 2.34. The van der Waals surface area contributed by atoms with Gasteiger partial charge in [0.05, 0.1) is 13.2 Å². The van der Waals surface area contributed by atoms with Crippen molar-refractivity contribution in [3.63, 3.8) is 0 Å². The molecule has 1 aromatic heterocycles. The third-order valence-electron chi connectivity index (χ3n) is 2.74. The lowest BCUT2D eigenvalue weighted by Crippen LogP contribution is -2.56. The summed E-state index contributed by atoms with van der Waals surface area (Å²) in [6, 6.07) is -0.620. The Labute approximate surface area is 110 Å². The van der Waals surface area contributed by atoms with Gasteiger partial charge in [0.25, 0.3) is 5.91 Å². The lowest BCUT2D eigenvalue weighted by molar-refractivity contribution is -0.131. The number of H-pyrrole nitrogens is 1. The van der Waals surface area contributed by atoms with Gasteiger partial charge in [0.2, 0.25) is 11.7 Å². The smallest absolute Gasteiger partial charge is 0.292 e. The van der Waals surface area contributed by atoms with Gasteiger partial charge in [-0.05, 0) is 13.8 Å². The number of aromatic nitrogens is 3. The summed E-state index contributed by atoms with van der Waals surface area (Å²) in [6.45, 7) is 4.69. The van der Waals surface area contributed by atoms with Gasteiger partial charge in [0.1, 0.15) is 12.4 Å². The van der Waals surface area contributed by atoms with E-state index in [1.165, 1.54) is 11.2 Å². The van der Waals surface area contributed by atoms with Crippen molar-refractivity contribution in [1.82, 2.24) is 25.4 Å². The van der Waals surface area contributed by atoms with Gasteiger partial charge in [-0.15, -0.1) is 0 Å². The van der Waals surface area contributed by atoms with Crippen LogP contribution in [0.25, 0.3) is 0 Å². The molecule has 0 saturated carbocycles. The van der Waals surface area contributed by atoms with E-state index in [2.05, 4.69) is 20.5 Å². The van der Waals surface area contributed by atoms with Gasteiger partial charge >= 0.3 is 0 Å². The number of carbonyl (C=O) groups excluding carboxylic acids is 2. The summed E-state index contributed by atoms with van der Waals surface area (Å²) in [5.41, 5.74) is 0. The van der Waals surface area contributed by atoms with Crippen molar-refractivity contribution in [3.05, 3.63) is 12.2 Å². The lowest BCUT2D eigenvalue weighted by atomic mass is 10.2. The van der Waals surface area contributed by atoms with E-state index in [1.54, 1.807) is 0 Å². The number of nitrogens with zero attached hydrogens (tertiary/aromatic N) is 3. The van der Waals surface area contributed by atoms with Crippen molar-refractivity contribution in [3.8, 4) is 0 Å². The first-order valence-electron chi connectivity index (χ1n) is 6.14. The highest BCUT2D eigenvalue weighted by Crippen LogP contribution is 2.10. The molecule has 0 aliphatic carbocycles. The van der Waals surface area contributed by atoms with E-state index in [0.717, 1.165) is 0 Å². The average Bonchev–Trinajstić information content (AvgIpc) is 2.91. The van der Waals surface area contributed by atoms with Crippen LogP contribution in [0.5, 0.6) is 0 Å². The van der Waals surface area contributed by atoms with E-state index < -0.39 is 6.04 Å². The van der Waals surface area contributed by atoms with Crippen LogP contribution >= 0.6 is 0 Å². The van der Waals surface area contributed by atoms with E-state index in [4.69, 9.17) is 4.74 Å². The first-order valence-corrected chi connectivity index (χ1v) is 6.14. The SMILES string of the molecule is CC(C)NC(=O)C1COCCN1C(=O)c1ncn[nH]1. The maximum Gasteiger partial charge on any atom is 0.292 e. The first kappa shape index (κ1) is 13.5. The minimum absolute atomic E-state index is 0.0108. The fourth-order valence-corrected chi connectivity index (χ4v) is 1.89. The summed E-state index contributed by atoms with van der Waals surface area (Å²) < 4.78 is 5.28. The van der Waals surface area contributed by atoms with Crippen molar-refractivity contribution in [1.29, 1.82) is 0 Å². The highest BCUT2D eigenvalue weighted by molar-refractivity contribution is 5.95. The number of hydrogen-bond donors (Lipinski definition) is 2. The zero-order valence-corrected chi connectivity index (χ0v) is 10.9. The molecule has 2 N–H and O–H groups in total. The third kappa shape index (κ3) is 3.08. The van der Waals surface area contributed by atoms with E-state index in [0.29, 0.717) is 13.2 Å². The molecule has 2 heterocycles. The predicted molar refractivity (Wildman–Crippen MR) is 65.3 cm³/mol. The normalized spacial score (nSPS) is 19.5.